The molecule has 0 aliphatic carbocycles. The van der Waals surface area contributed by atoms with Gasteiger partial charge in [-0.1, -0.05) is 12.8 Å². The highest BCUT2D eigenvalue weighted by Gasteiger charge is 2.27. The highest BCUT2D eigenvalue weighted by molar-refractivity contribution is 7.89. The van der Waals surface area contributed by atoms with E-state index in [1.54, 1.807) is 6.92 Å². The minimum atomic E-state index is -4.07. The summed E-state index contributed by atoms with van der Waals surface area (Å²) in [7, 11) is -2.74. The number of hydrogen-bond donors (Lipinski definition) is 1. The van der Waals surface area contributed by atoms with Crippen LogP contribution in [0.5, 0.6) is 5.75 Å². The van der Waals surface area contributed by atoms with Crippen LogP contribution in [0.1, 0.15) is 13.3 Å². The molecule has 1 atom stereocenters. The monoisotopic (exact) mass is 298 g/mol. The molecule has 1 aromatic rings. The maximum atomic E-state index is 12.1. The maximum Gasteiger partial charge on any atom is 0.293 e. The zero-order chi connectivity index (χ0) is 15.3. The highest BCUT2D eigenvalue weighted by Crippen LogP contribution is 2.28. The minimum Gasteiger partial charge on any atom is -0.497 e. The topological polar surface area (TPSA) is 98.5 Å². The molecule has 0 aliphatic heterocycles. The van der Waals surface area contributed by atoms with E-state index in [-0.39, 0.29) is 5.75 Å². The van der Waals surface area contributed by atoms with Gasteiger partial charge in [0.15, 0.2) is 4.90 Å². The van der Waals surface area contributed by atoms with Crippen LogP contribution < -0.4 is 9.46 Å². The van der Waals surface area contributed by atoms with Crippen molar-refractivity contribution in [3.63, 3.8) is 0 Å². The molecule has 0 heterocycles. The van der Waals surface area contributed by atoms with Crippen LogP contribution in [0.2, 0.25) is 0 Å². The molecule has 7 nitrogen and oxygen atoms in total. The molecule has 0 amide bonds. The first-order valence-electron chi connectivity index (χ1n) is 5.66. The second-order valence-electron chi connectivity index (χ2n) is 3.84. The van der Waals surface area contributed by atoms with Crippen molar-refractivity contribution in [2.24, 2.45) is 0 Å². The Labute approximate surface area is 117 Å². The summed E-state index contributed by atoms with van der Waals surface area (Å²) in [4.78, 5) is 9.75. The van der Waals surface area contributed by atoms with Gasteiger partial charge in [-0.15, -0.1) is 6.42 Å². The smallest absolute Gasteiger partial charge is 0.293 e. The van der Waals surface area contributed by atoms with E-state index in [0.29, 0.717) is 6.42 Å². The number of hydrogen-bond acceptors (Lipinski definition) is 5. The molecular weight excluding hydrogens is 284 g/mol. The molecule has 0 spiro atoms. The molecule has 0 bridgehead atoms. The van der Waals surface area contributed by atoms with Crippen LogP contribution in [0.3, 0.4) is 0 Å². The van der Waals surface area contributed by atoms with Crippen molar-refractivity contribution in [2.45, 2.75) is 24.3 Å². The van der Waals surface area contributed by atoms with Gasteiger partial charge in [-0.25, -0.2) is 8.42 Å². The van der Waals surface area contributed by atoms with Crippen molar-refractivity contribution in [3.8, 4) is 18.1 Å². The van der Waals surface area contributed by atoms with E-state index in [4.69, 9.17) is 11.2 Å². The number of ether oxygens (including phenoxy) is 1. The van der Waals surface area contributed by atoms with Crippen LogP contribution in [0.25, 0.3) is 0 Å². The fraction of sp³-hybridized carbons (Fsp3) is 0.333. The highest BCUT2D eigenvalue weighted by atomic mass is 32.2. The van der Waals surface area contributed by atoms with Crippen molar-refractivity contribution >= 4 is 15.7 Å². The Bertz CT molecular complexity index is 648. The summed E-state index contributed by atoms with van der Waals surface area (Å²) < 4.78 is 31.3. The van der Waals surface area contributed by atoms with E-state index in [2.05, 4.69) is 10.6 Å². The van der Waals surface area contributed by atoms with E-state index in [1.807, 2.05) is 0 Å². The zero-order valence-corrected chi connectivity index (χ0v) is 11.8. The summed E-state index contributed by atoms with van der Waals surface area (Å²) in [6.07, 6.45) is 5.56. The van der Waals surface area contributed by atoms with E-state index < -0.39 is 31.6 Å². The van der Waals surface area contributed by atoms with Gasteiger partial charge in [0.2, 0.25) is 10.0 Å². The third-order valence-electron chi connectivity index (χ3n) is 2.56. The molecule has 1 rings (SSSR count). The van der Waals surface area contributed by atoms with Gasteiger partial charge in [0.25, 0.3) is 5.69 Å². The first-order chi connectivity index (χ1) is 9.35. The lowest BCUT2D eigenvalue weighted by Crippen LogP contribution is -2.33. The number of nitrogens with one attached hydrogen (secondary N) is 1. The molecule has 1 unspecified atom stereocenters. The number of methoxy groups -OCH3 is 1. The molecule has 0 aromatic heterocycles. The van der Waals surface area contributed by atoms with Gasteiger partial charge >= 0.3 is 0 Å². The van der Waals surface area contributed by atoms with Crippen molar-refractivity contribution in [1.29, 1.82) is 0 Å². The Kier molecular flexibility index (Phi) is 5.07. The second-order valence-corrected chi connectivity index (χ2v) is 5.52. The standard InChI is InChI=1S/C12H14N2O5S/c1-4-9(5-2)13-20(17,18)12-7-6-10(19-3)8-11(12)14(15)16/h1,6-9,13H,5H2,2-3H3. The number of benzene rings is 1. The molecule has 1 aromatic carbocycles. The van der Waals surface area contributed by atoms with Gasteiger partial charge in [-0.3, -0.25) is 10.1 Å². The SMILES string of the molecule is C#CC(CC)NS(=O)(=O)c1ccc(OC)cc1[N+](=O)[O-]. The zero-order valence-electron chi connectivity index (χ0n) is 11.0. The second kappa shape index (κ2) is 6.36. The molecule has 0 saturated heterocycles. The molecular formula is C12H14N2O5S. The summed E-state index contributed by atoms with van der Waals surface area (Å²) in [5.41, 5.74) is -0.566. The fourth-order valence-electron chi connectivity index (χ4n) is 1.48. The van der Waals surface area contributed by atoms with Gasteiger partial charge in [-0.2, -0.15) is 4.72 Å². The third-order valence-corrected chi connectivity index (χ3v) is 4.08. The van der Waals surface area contributed by atoms with Crippen LogP contribution in [0, 0.1) is 22.5 Å². The van der Waals surface area contributed by atoms with E-state index in [9.17, 15) is 18.5 Å². The van der Waals surface area contributed by atoms with Crippen molar-refractivity contribution in [1.82, 2.24) is 4.72 Å². The summed E-state index contributed by atoms with van der Waals surface area (Å²) in [6.45, 7) is 1.70. The largest absolute Gasteiger partial charge is 0.497 e. The first-order valence-corrected chi connectivity index (χ1v) is 7.15. The lowest BCUT2D eigenvalue weighted by Gasteiger charge is -2.12. The Morgan fingerprint density at radius 1 is 1.55 bits per heavy atom. The lowest BCUT2D eigenvalue weighted by molar-refractivity contribution is -0.387. The molecule has 20 heavy (non-hydrogen) atoms. The maximum absolute atomic E-state index is 12.1. The quantitative estimate of drug-likeness (QED) is 0.485. The summed E-state index contributed by atoms with van der Waals surface area (Å²) >= 11 is 0. The van der Waals surface area contributed by atoms with Gasteiger partial charge in [0.1, 0.15) is 5.75 Å². The number of nitro groups is 1. The average molecular weight is 298 g/mol. The Morgan fingerprint density at radius 2 is 2.20 bits per heavy atom. The van der Waals surface area contributed by atoms with Gasteiger partial charge in [0, 0.05) is 0 Å². The number of terminal acetylenes is 1. The molecule has 0 saturated carbocycles. The first kappa shape index (κ1) is 15.9. The summed E-state index contributed by atoms with van der Waals surface area (Å²) in [5, 5.41) is 11.0. The van der Waals surface area contributed by atoms with E-state index >= 15 is 0 Å². The van der Waals surface area contributed by atoms with E-state index in [0.717, 1.165) is 12.1 Å². The van der Waals surface area contributed by atoms with Crippen LogP contribution >= 0.6 is 0 Å². The van der Waals surface area contributed by atoms with Crippen LogP contribution in [-0.2, 0) is 10.0 Å². The fourth-order valence-corrected chi connectivity index (χ4v) is 2.87. The molecule has 0 fully saturated rings. The molecule has 0 aliphatic rings. The van der Waals surface area contributed by atoms with Crippen molar-refractivity contribution in [2.75, 3.05) is 7.11 Å². The van der Waals surface area contributed by atoms with Crippen LogP contribution in [-0.4, -0.2) is 26.5 Å². The lowest BCUT2D eigenvalue weighted by atomic mass is 10.3. The Balaban J connectivity index is 3.31. The number of sulfonamides is 1. The molecule has 0 radical (unpaired) electrons. The predicted octanol–water partition coefficient (Wildman–Crippen LogP) is 1.29. The normalized spacial score (nSPS) is 12.4. The minimum absolute atomic E-state index is 0.194. The molecule has 1 N–H and O–H groups in total. The summed E-state index contributed by atoms with van der Waals surface area (Å²) in [6, 6.07) is 2.77. The van der Waals surface area contributed by atoms with Crippen molar-refractivity contribution < 1.29 is 18.1 Å². The molecule has 8 heteroatoms. The van der Waals surface area contributed by atoms with Gasteiger partial charge in [-0.05, 0) is 18.6 Å². The number of nitro benzene ring substituents is 1. The van der Waals surface area contributed by atoms with Gasteiger partial charge < -0.3 is 4.74 Å². The van der Waals surface area contributed by atoms with Gasteiger partial charge in [0.05, 0.1) is 24.1 Å². The van der Waals surface area contributed by atoms with Crippen molar-refractivity contribution in [3.05, 3.63) is 28.3 Å². The number of rotatable bonds is 6. The predicted molar refractivity (Wildman–Crippen MR) is 72.9 cm³/mol. The Morgan fingerprint density at radius 3 is 2.65 bits per heavy atom. The van der Waals surface area contributed by atoms with E-state index in [1.165, 1.54) is 13.2 Å². The Hall–Kier alpha value is -2.11. The summed E-state index contributed by atoms with van der Waals surface area (Å²) in [5.74, 6) is 2.46. The van der Waals surface area contributed by atoms with Crippen LogP contribution in [0.4, 0.5) is 5.69 Å². The third kappa shape index (κ3) is 3.46. The number of nitrogens with zero attached hydrogens (tertiary/aromatic N) is 1. The molecule has 108 valence electrons. The average Bonchev–Trinajstić information content (AvgIpc) is 2.43. The van der Waals surface area contributed by atoms with Crippen LogP contribution in [0.15, 0.2) is 23.1 Å².